The third kappa shape index (κ3) is 1.71. The molecule has 3 rings (SSSR count). The molecule has 2 heterocycles. The topological polar surface area (TPSA) is 71.8 Å². The second kappa shape index (κ2) is 3.96. The maximum absolute atomic E-state index is 10.7. The van der Waals surface area contributed by atoms with Gasteiger partial charge in [0.1, 0.15) is 5.65 Å². The molecule has 0 saturated heterocycles. The molecule has 88 valence electrons. The number of nitro groups is 1. The first kappa shape index (κ1) is 10.5. The monoisotopic (exact) mass is 239 g/mol. The molecule has 0 unspecified atom stereocenters. The van der Waals surface area contributed by atoms with Gasteiger partial charge in [-0.05, 0) is 17.7 Å². The second-order valence-corrected chi connectivity index (χ2v) is 3.95. The van der Waals surface area contributed by atoms with Crippen LogP contribution in [0.5, 0.6) is 0 Å². The molecule has 1 N–H and O–H groups in total. The van der Waals surface area contributed by atoms with Crippen LogP contribution in [0.15, 0.2) is 48.8 Å². The highest BCUT2D eigenvalue weighted by Gasteiger charge is 2.08. The molecule has 3 aromatic rings. The third-order valence-corrected chi connectivity index (χ3v) is 2.79. The van der Waals surface area contributed by atoms with Crippen LogP contribution < -0.4 is 0 Å². The van der Waals surface area contributed by atoms with E-state index in [0.29, 0.717) is 0 Å². The van der Waals surface area contributed by atoms with Crippen molar-refractivity contribution in [1.82, 2.24) is 9.97 Å². The normalized spacial score (nSPS) is 10.7. The molecule has 0 atom stereocenters. The van der Waals surface area contributed by atoms with E-state index in [-0.39, 0.29) is 5.69 Å². The Morgan fingerprint density at radius 1 is 1.17 bits per heavy atom. The van der Waals surface area contributed by atoms with Gasteiger partial charge in [-0.15, -0.1) is 0 Å². The highest BCUT2D eigenvalue weighted by atomic mass is 16.6. The molecule has 0 radical (unpaired) electrons. The summed E-state index contributed by atoms with van der Waals surface area (Å²) < 4.78 is 0. The lowest BCUT2D eigenvalue weighted by molar-refractivity contribution is -0.384. The number of hydrogen-bond donors (Lipinski definition) is 1. The van der Waals surface area contributed by atoms with E-state index < -0.39 is 4.92 Å². The molecular weight excluding hydrogens is 230 g/mol. The van der Waals surface area contributed by atoms with Gasteiger partial charge in [-0.1, -0.05) is 12.1 Å². The number of rotatable bonds is 2. The number of nitro benzene ring substituents is 1. The molecule has 18 heavy (non-hydrogen) atoms. The number of H-pyrrole nitrogens is 1. The number of nitrogens with zero attached hydrogens (tertiary/aromatic N) is 2. The Bertz CT molecular complexity index is 734. The Morgan fingerprint density at radius 3 is 2.89 bits per heavy atom. The van der Waals surface area contributed by atoms with Gasteiger partial charge in [-0.3, -0.25) is 10.1 Å². The summed E-state index contributed by atoms with van der Waals surface area (Å²) in [7, 11) is 0. The van der Waals surface area contributed by atoms with E-state index >= 15 is 0 Å². The van der Waals surface area contributed by atoms with Crippen LogP contribution in [0.2, 0.25) is 0 Å². The van der Waals surface area contributed by atoms with Crippen molar-refractivity contribution in [2.75, 3.05) is 0 Å². The van der Waals surface area contributed by atoms with E-state index in [1.54, 1.807) is 18.3 Å². The van der Waals surface area contributed by atoms with Crippen molar-refractivity contribution in [2.45, 2.75) is 0 Å². The van der Waals surface area contributed by atoms with Crippen LogP contribution in [0, 0.1) is 10.1 Å². The summed E-state index contributed by atoms with van der Waals surface area (Å²) in [6, 6.07) is 10.4. The standard InChI is InChI=1S/C13H9N3O2/c17-16(18)12-3-1-2-9(7-12)11-6-10-4-5-14-13(10)15-8-11/h1-8H,(H,14,15). The number of fused-ring (bicyclic) bond motifs is 1. The minimum Gasteiger partial charge on any atom is -0.346 e. The molecule has 0 aliphatic heterocycles. The van der Waals surface area contributed by atoms with Crippen LogP contribution in [0.4, 0.5) is 5.69 Å². The first-order valence-electron chi connectivity index (χ1n) is 5.42. The van der Waals surface area contributed by atoms with Gasteiger partial charge in [0.25, 0.3) is 5.69 Å². The molecule has 0 saturated carbocycles. The highest BCUT2D eigenvalue weighted by molar-refractivity contribution is 5.81. The summed E-state index contributed by atoms with van der Waals surface area (Å²) in [5, 5.41) is 11.7. The predicted octanol–water partition coefficient (Wildman–Crippen LogP) is 3.14. The van der Waals surface area contributed by atoms with E-state index in [9.17, 15) is 10.1 Å². The van der Waals surface area contributed by atoms with Crippen molar-refractivity contribution in [3.05, 3.63) is 58.9 Å². The number of nitrogens with one attached hydrogen (secondary N) is 1. The Morgan fingerprint density at radius 2 is 2.06 bits per heavy atom. The van der Waals surface area contributed by atoms with Crippen LogP contribution in [-0.4, -0.2) is 14.9 Å². The Labute approximate surface area is 102 Å². The largest absolute Gasteiger partial charge is 0.346 e. The Balaban J connectivity index is 2.13. The van der Waals surface area contributed by atoms with Gasteiger partial charge in [-0.25, -0.2) is 4.98 Å². The molecule has 0 bridgehead atoms. The summed E-state index contributed by atoms with van der Waals surface area (Å²) in [4.78, 5) is 17.6. The van der Waals surface area contributed by atoms with Crippen LogP contribution in [0.1, 0.15) is 0 Å². The van der Waals surface area contributed by atoms with Crippen LogP contribution in [0.3, 0.4) is 0 Å². The van der Waals surface area contributed by atoms with Crippen molar-refractivity contribution >= 4 is 16.7 Å². The van der Waals surface area contributed by atoms with E-state index in [4.69, 9.17) is 0 Å². The molecule has 0 fully saturated rings. The summed E-state index contributed by atoms with van der Waals surface area (Å²) in [6.07, 6.45) is 3.52. The van der Waals surface area contributed by atoms with Crippen molar-refractivity contribution in [3.63, 3.8) is 0 Å². The van der Waals surface area contributed by atoms with Gasteiger partial charge in [0, 0.05) is 35.5 Å². The minimum atomic E-state index is -0.397. The van der Waals surface area contributed by atoms with Gasteiger partial charge in [0.15, 0.2) is 0 Å². The van der Waals surface area contributed by atoms with Crippen molar-refractivity contribution in [2.24, 2.45) is 0 Å². The first-order chi connectivity index (χ1) is 8.74. The number of pyridine rings is 1. The summed E-state index contributed by atoms with van der Waals surface area (Å²) in [5.74, 6) is 0. The molecule has 2 aromatic heterocycles. The van der Waals surface area contributed by atoms with E-state index in [0.717, 1.165) is 22.2 Å². The first-order valence-corrected chi connectivity index (χ1v) is 5.42. The summed E-state index contributed by atoms with van der Waals surface area (Å²) >= 11 is 0. The number of non-ortho nitro benzene ring substituents is 1. The highest BCUT2D eigenvalue weighted by Crippen LogP contribution is 2.25. The zero-order valence-corrected chi connectivity index (χ0v) is 9.33. The fraction of sp³-hybridized carbons (Fsp3) is 0. The average Bonchev–Trinajstić information content (AvgIpc) is 2.86. The minimum absolute atomic E-state index is 0.0849. The number of benzene rings is 1. The van der Waals surface area contributed by atoms with Crippen molar-refractivity contribution < 1.29 is 4.92 Å². The van der Waals surface area contributed by atoms with E-state index in [2.05, 4.69) is 9.97 Å². The fourth-order valence-corrected chi connectivity index (χ4v) is 1.90. The van der Waals surface area contributed by atoms with E-state index in [1.165, 1.54) is 6.07 Å². The Kier molecular flexibility index (Phi) is 2.30. The third-order valence-electron chi connectivity index (χ3n) is 2.79. The zero-order chi connectivity index (χ0) is 12.5. The van der Waals surface area contributed by atoms with Gasteiger partial charge in [0.05, 0.1) is 4.92 Å². The van der Waals surface area contributed by atoms with Crippen LogP contribution in [-0.2, 0) is 0 Å². The van der Waals surface area contributed by atoms with Gasteiger partial charge >= 0.3 is 0 Å². The zero-order valence-electron chi connectivity index (χ0n) is 9.33. The maximum atomic E-state index is 10.7. The van der Waals surface area contributed by atoms with Crippen molar-refractivity contribution in [3.8, 4) is 11.1 Å². The van der Waals surface area contributed by atoms with Gasteiger partial charge in [0.2, 0.25) is 0 Å². The molecule has 0 aliphatic carbocycles. The van der Waals surface area contributed by atoms with Crippen molar-refractivity contribution in [1.29, 1.82) is 0 Å². The summed E-state index contributed by atoms with van der Waals surface area (Å²) in [6.45, 7) is 0. The molecular formula is C13H9N3O2. The molecule has 0 amide bonds. The average molecular weight is 239 g/mol. The fourth-order valence-electron chi connectivity index (χ4n) is 1.90. The molecule has 0 spiro atoms. The predicted molar refractivity (Wildman–Crippen MR) is 68.2 cm³/mol. The number of aromatic amines is 1. The van der Waals surface area contributed by atoms with Crippen LogP contribution in [0.25, 0.3) is 22.2 Å². The quantitative estimate of drug-likeness (QED) is 0.551. The number of hydrogen-bond acceptors (Lipinski definition) is 3. The van der Waals surface area contributed by atoms with Crippen LogP contribution >= 0.6 is 0 Å². The number of aromatic nitrogens is 2. The van der Waals surface area contributed by atoms with E-state index in [1.807, 2.05) is 24.4 Å². The molecule has 1 aromatic carbocycles. The second-order valence-electron chi connectivity index (χ2n) is 3.95. The van der Waals surface area contributed by atoms with Gasteiger partial charge in [-0.2, -0.15) is 0 Å². The van der Waals surface area contributed by atoms with Gasteiger partial charge < -0.3 is 4.98 Å². The molecule has 5 nitrogen and oxygen atoms in total. The lowest BCUT2D eigenvalue weighted by atomic mass is 10.1. The summed E-state index contributed by atoms with van der Waals surface area (Å²) in [5.41, 5.74) is 2.55. The molecule has 5 heteroatoms. The SMILES string of the molecule is O=[N+]([O-])c1cccc(-c2cnc3[nH]ccc3c2)c1. The Hall–Kier alpha value is -2.69. The lowest BCUT2D eigenvalue weighted by Gasteiger charge is -2.01. The maximum Gasteiger partial charge on any atom is 0.270 e. The lowest BCUT2D eigenvalue weighted by Crippen LogP contribution is -1.88. The smallest absolute Gasteiger partial charge is 0.270 e. The molecule has 0 aliphatic rings.